The first-order chi connectivity index (χ1) is 26.6. The number of aliphatic hydroxyl groups excluding tert-OH is 4. The van der Waals surface area contributed by atoms with E-state index in [9.17, 15) is 30.0 Å². The lowest BCUT2D eigenvalue weighted by molar-refractivity contribution is -0.137. The fraction of sp³-hybridized carbons (Fsp3) is 0.956. The lowest BCUT2D eigenvalue weighted by Crippen LogP contribution is -2.61. The number of piperazine rings is 1. The van der Waals surface area contributed by atoms with Gasteiger partial charge in [0.1, 0.15) is 12.1 Å². The SMILES string of the molecule is CCCCCCCCC(O)CN(CCCCC1NC(=O)C(CCCCN(CC(O)CCCCCCCC)CC(O)CCCCCCCC)NC1=O)CC(C)O. The molecule has 1 heterocycles. The molecule has 6 N–H and O–H groups in total. The number of unbranched alkanes of at least 4 members (excludes halogenated alkanes) is 17. The van der Waals surface area contributed by atoms with Crippen LogP contribution >= 0.6 is 0 Å². The van der Waals surface area contributed by atoms with E-state index < -0.39 is 36.5 Å². The number of carbonyl (C=O) groups excluding carboxylic acids is 2. The van der Waals surface area contributed by atoms with Gasteiger partial charge in [0.05, 0.1) is 24.4 Å². The molecule has 0 aromatic rings. The number of nitrogens with one attached hydrogen (secondary N) is 2. The van der Waals surface area contributed by atoms with Gasteiger partial charge < -0.3 is 31.1 Å². The summed E-state index contributed by atoms with van der Waals surface area (Å²) >= 11 is 0. The van der Waals surface area contributed by atoms with E-state index in [1.165, 1.54) is 77.0 Å². The maximum Gasteiger partial charge on any atom is 0.243 e. The van der Waals surface area contributed by atoms with Crippen LogP contribution in [0.3, 0.4) is 0 Å². The first kappa shape index (κ1) is 51.7. The number of carbonyl (C=O) groups is 2. The fourth-order valence-corrected chi connectivity index (χ4v) is 7.99. The van der Waals surface area contributed by atoms with Gasteiger partial charge in [0.15, 0.2) is 0 Å². The fourth-order valence-electron chi connectivity index (χ4n) is 7.99. The van der Waals surface area contributed by atoms with Crippen LogP contribution in [0.5, 0.6) is 0 Å². The lowest BCUT2D eigenvalue weighted by atomic mass is 10.0. The Morgan fingerprint density at radius 1 is 0.455 bits per heavy atom. The van der Waals surface area contributed by atoms with Crippen molar-refractivity contribution in [2.75, 3.05) is 39.3 Å². The molecule has 1 aliphatic rings. The van der Waals surface area contributed by atoms with Crippen LogP contribution in [-0.2, 0) is 9.59 Å². The monoisotopic (exact) mass is 783 g/mol. The maximum atomic E-state index is 13.0. The Morgan fingerprint density at radius 3 is 1.09 bits per heavy atom. The second-order valence-corrected chi connectivity index (χ2v) is 17.1. The number of hydrogen-bond donors (Lipinski definition) is 6. The van der Waals surface area contributed by atoms with Crippen LogP contribution in [0.1, 0.15) is 201 Å². The number of hydrogen-bond acceptors (Lipinski definition) is 8. The van der Waals surface area contributed by atoms with E-state index in [1.807, 2.05) is 0 Å². The molecule has 55 heavy (non-hydrogen) atoms. The minimum atomic E-state index is -0.538. The second-order valence-electron chi connectivity index (χ2n) is 17.1. The van der Waals surface area contributed by atoms with Crippen molar-refractivity contribution >= 4 is 11.8 Å². The average molecular weight is 783 g/mol. The van der Waals surface area contributed by atoms with Crippen LogP contribution in [0.25, 0.3) is 0 Å². The zero-order chi connectivity index (χ0) is 40.5. The van der Waals surface area contributed by atoms with E-state index in [1.54, 1.807) is 6.92 Å². The van der Waals surface area contributed by atoms with E-state index in [4.69, 9.17) is 0 Å². The Bertz CT molecular complexity index is 887. The molecule has 0 aromatic carbocycles. The smallest absolute Gasteiger partial charge is 0.243 e. The Labute approximate surface area is 338 Å². The molecule has 0 saturated carbocycles. The van der Waals surface area contributed by atoms with Crippen molar-refractivity contribution in [1.29, 1.82) is 0 Å². The molecule has 6 unspecified atom stereocenters. The van der Waals surface area contributed by atoms with Crippen LogP contribution in [0.4, 0.5) is 0 Å². The molecule has 1 fully saturated rings. The Kier molecular flexibility index (Phi) is 32.6. The molecular formula is C45H90N4O6. The van der Waals surface area contributed by atoms with E-state index in [0.29, 0.717) is 39.0 Å². The van der Waals surface area contributed by atoms with Crippen LogP contribution in [0, 0.1) is 0 Å². The van der Waals surface area contributed by atoms with Gasteiger partial charge in [-0.3, -0.25) is 19.4 Å². The summed E-state index contributed by atoms with van der Waals surface area (Å²) in [5, 5.41) is 48.3. The molecule has 2 amide bonds. The largest absolute Gasteiger partial charge is 0.392 e. The Morgan fingerprint density at radius 2 is 0.764 bits per heavy atom. The molecule has 0 aromatic heterocycles. The average Bonchev–Trinajstić information content (AvgIpc) is 3.14. The highest BCUT2D eigenvalue weighted by Crippen LogP contribution is 2.16. The van der Waals surface area contributed by atoms with E-state index in [0.717, 1.165) is 96.6 Å². The standard InChI is InChI=1S/C45H90N4O6/c1-5-8-11-14-17-20-27-39(51)35-48(34-38(4)50)32-25-23-30-42-44(54)47-43(45(55)46-42)31-24-26-33-49(36-40(52)28-21-18-15-12-9-6-2)37-41(53)29-22-19-16-13-10-7-3/h38-43,50-53H,5-37H2,1-4H3,(H,46,55)(H,47,54). The van der Waals surface area contributed by atoms with Gasteiger partial charge in [-0.15, -0.1) is 0 Å². The number of amides is 2. The predicted molar refractivity (Wildman–Crippen MR) is 228 cm³/mol. The quantitative estimate of drug-likeness (QED) is 0.0350. The zero-order valence-corrected chi connectivity index (χ0v) is 36.3. The number of aliphatic hydroxyl groups is 4. The van der Waals surface area contributed by atoms with Crippen molar-refractivity contribution < 1.29 is 30.0 Å². The molecule has 1 aliphatic heterocycles. The highest BCUT2D eigenvalue weighted by Gasteiger charge is 2.33. The van der Waals surface area contributed by atoms with Gasteiger partial charge in [-0.1, -0.05) is 136 Å². The molecule has 326 valence electrons. The summed E-state index contributed by atoms with van der Waals surface area (Å²) in [7, 11) is 0. The van der Waals surface area contributed by atoms with Gasteiger partial charge in [0.25, 0.3) is 0 Å². The van der Waals surface area contributed by atoms with Gasteiger partial charge in [-0.2, -0.15) is 0 Å². The summed E-state index contributed by atoms with van der Waals surface area (Å²) in [5.41, 5.74) is 0. The summed E-state index contributed by atoms with van der Waals surface area (Å²) < 4.78 is 0. The minimum Gasteiger partial charge on any atom is -0.392 e. The third-order valence-corrected chi connectivity index (χ3v) is 11.3. The molecule has 0 radical (unpaired) electrons. The molecule has 0 spiro atoms. The third kappa shape index (κ3) is 28.7. The molecule has 6 atom stereocenters. The minimum absolute atomic E-state index is 0.126. The van der Waals surface area contributed by atoms with Crippen LogP contribution in [-0.4, -0.2) is 118 Å². The summed E-state index contributed by atoms with van der Waals surface area (Å²) in [4.78, 5) is 30.3. The molecular weight excluding hydrogens is 693 g/mol. The van der Waals surface area contributed by atoms with Crippen molar-refractivity contribution in [3.8, 4) is 0 Å². The number of nitrogens with zero attached hydrogens (tertiary/aromatic N) is 2. The first-order valence-electron chi connectivity index (χ1n) is 23.4. The Balaban J connectivity index is 2.47. The number of rotatable bonds is 39. The second kappa shape index (κ2) is 34.7. The van der Waals surface area contributed by atoms with E-state index in [-0.39, 0.29) is 11.8 Å². The molecule has 10 heteroatoms. The van der Waals surface area contributed by atoms with E-state index >= 15 is 0 Å². The van der Waals surface area contributed by atoms with Crippen LogP contribution < -0.4 is 10.6 Å². The summed E-state index contributed by atoms with van der Waals surface area (Å²) in [6.07, 6.45) is 26.5. The normalized spacial score (nSPS) is 18.4. The van der Waals surface area contributed by atoms with Crippen LogP contribution in [0.15, 0.2) is 0 Å². The van der Waals surface area contributed by atoms with Gasteiger partial charge in [0, 0.05) is 26.2 Å². The molecule has 0 aliphatic carbocycles. The van der Waals surface area contributed by atoms with Gasteiger partial charge >= 0.3 is 0 Å². The van der Waals surface area contributed by atoms with Crippen LogP contribution in [0.2, 0.25) is 0 Å². The van der Waals surface area contributed by atoms with Crippen molar-refractivity contribution in [2.24, 2.45) is 0 Å². The maximum absolute atomic E-state index is 13.0. The first-order valence-corrected chi connectivity index (χ1v) is 23.4. The van der Waals surface area contributed by atoms with Crippen molar-refractivity contribution in [3.63, 3.8) is 0 Å². The topological polar surface area (TPSA) is 146 Å². The molecule has 1 rings (SSSR count). The molecule has 0 bridgehead atoms. The summed E-state index contributed by atoms with van der Waals surface area (Å²) in [5.74, 6) is -0.254. The van der Waals surface area contributed by atoms with E-state index in [2.05, 4.69) is 41.2 Å². The third-order valence-electron chi connectivity index (χ3n) is 11.3. The van der Waals surface area contributed by atoms with Gasteiger partial charge in [-0.25, -0.2) is 0 Å². The summed E-state index contributed by atoms with van der Waals surface area (Å²) in [6, 6.07) is -1.08. The Hall–Kier alpha value is -1.30. The lowest BCUT2D eigenvalue weighted by Gasteiger charge is -2.31. The highest BCUT2D eigenvalue weighted by atomic mass is 16.3. The molecule has 1 saturated heterocycles. The van der Waals surface area contributed by atoms with Gasteiger partial charge in [0.2, 0.25) is 11.8 Å². The van der Waals surface area contributed by atoms with Crippen molar-refractivity contribution in [3.05, 3.63) is 0 Å². The van der Waals surface area contributed by atoms with Crippen molar-refractivity contribution in [2.45, 2.75) is 238 Å². The summed E-state index contributed by atoms with van der Waals surface area (Å²) in [6.45, 7) is 12.1. The molecule has 10 nitrogen and oxygen atoms in total. The van der Waals surface area contributed by atoms with Crippen molar-refractivity contribution in [1.82, 2.24) is 20.4 Å². The highest BCUT2D eigenvalue weighted by molar-refractivity contribution is 5.96. The zero-order valence-electron chi connectivity index (χ0n) is 36.3. The van der Waals surface area contributed by atoms with Gasteiger partial charge in [-0.05, 0) is 77.8 Å². The predicted octanol–water partition coefficient (Wildman–Crippen LogP) is 7.63.